The average Bonchev–Trinajstić information content (AvgIpc) is 2.32. The van der Waals surface area contributed by atoms with Crippen LogP contribution in [0.3, 0.4) is 0 Å². The number of fused-ring (bicyclic) bond motifs is 1. The van der Waals surface area contributed by atoms with Gasteiger partial charge in [0.05, 0.1) is 29.2 Å². The SMILES string of the molecule is CCOC(=O)C[C@]1(O)C[C@@H](C)Oc2ccc(Cl)c(Cl)c21. The highest BCUT2D eigenvalue weighted by Crippen LogP contribution is 2.47. The Hall–Kier alpha value is -0.970. The third kappa shape index (κ3) is 2.87. The average molecular weight is 319 g/mol. The molecule has 4 nitrogen and oxygen atoms in total. The molecule has 0 fully saturated rings. The predicted molar refractivity (Wildman–Crippen MR) is 76.3 cm³/mol. The minimum atomic E-state index is -1.43. The van der Waals surface area contributed by atoms with Crippen molar-refractivity contribution >= 4 is 29.2 Å². The Kier molecular flexibility index (Phi) is 4.47. The summed E-state index contributed by atoms with van der Waals surface area (Å²) in [5.41, 5.74) is -1.07. The molecule has 20 heavy (non-hydrogen) atoms. The largest absolute Gasteiger partial charge is 0.490 e. The fraction of sp³-hybridized carbons (Fsp3) is 0.500. The lowest BCUT2D eigenvalue weighted by Crippen LogP contribution is -2.39. The molecule has 1 aliphatic heterocycles. The number of benzene rings is 1. The molecule has 1 aromatic rings. The first-order valence-electron chi connectivity index (χ1n) is 6.40. The highest BCUT2D eigenvalue weighted by Gasteiger charge is 2.43. The molecule has 0 radical (unpaired) electrons. The molecule has 0 unspecified atom stereocenters. The number of rotatable bonds is 3. The molecule has 0 saturated carbocycles. The maximum Gasteiger partial charge on any atom is 0.309 e. The number of ether oxygens (including phenoxy) is 2. The zero-order valence-corrected chi connectivity index (χ0v) is 12.8. The summed E-state index contributed by atoms with van der Waals surface area (Å²) in [5, 5.41) is 11.4. The summed E-state index contributed by atoms with van der Waals surface area (Å²) in [5.74, 6) is -0.0314. The van der Waals surface area contributed by atoms with Gasteiger partial charge in [0.2, 0.25) is 0 Å². The quantitative estimate of drug-likeness (QED) is 0.869. The molecule has 1 N–H and O–H groups in total. The third-order valence-electron chi connectivity index (χ3n) is 3.22. The van der Waals surface area contributed by atoms with Gasteiger partial charge in [-0.05, 0) is 26.0 Å². The number of carbonyl (C=O) groups excluding carboxylic acids is 1. The van der Waals surface area contributed by atoms with Crippen LogP contribution in [0.15, 0.2) is 12.1 Å². The van der Waals surface area contributed by atoms with Crippen LogP contribution >= 0.6 is 23.2 Å². The Bertz CT molecular complexity index is 532. The summed E-state index contributed by atoms with van der Waals surface area (Å²) in [4.78, 5) is 11.7. The second kappa shape index (κ2) is 5.80. The van der Waals surface area contributed by atoms with Gasteiger partial charge in [-0.25, -0.2) is 0 Å². The summed E-state index contributed by atoms with van der Waals surface area (Å²) in [6.45, 7) is 3.80. The van der Waals surface area contributed by atoms with Crippen LogP contribution in [0.1, 0.15) is 32.3 Å². The van der Waals surface area contributed by atoms with Gasteiger partial charge in [0.25, 0.3) is 0 Å². The maximum atomic E-state index is 11.7. The van der Waals surface area contributed by atoms with E-state index in [2.05, 4.69) is 0 Å². The van der Waals surface area contributed by atoms with Crippen molar-refractivity contribution < 1.29 is 19.4 Å². The Morgan fingerprint density at radius 2 is 2.25 bits per heavy atom. The first-order valence-corrected chi connectivity index (χ1v) is 7.16. The van der Waals surface area contributed by atoms with Crippen molar-refractivity contribution in [2.24, 2.45) is 0 Å². The van der Waals surface area contributed by atoms with Crippen molar-refractivity contribution in [2.75, 3.05) is 6.61 Å². The van der Waals surface area contributed by atoms with E-state index in [0.717, 1.165) is 0 Å². The molecule has 0 amide bonds. The van der Waals surface area contributed by atoms with Crippen LogP contribution in [0, 0.1) is 0 Å². The molecule has 6 heteroatoms. The zero-order chi connectivity index (χ0) is 14.9. The molecule has 0 bridgehead atoms. The molecule has 0 saturated heterocycles. The molecule has 0 aromatic heterocycles. The van der Waals surface area contributed by atoms with Gasteiger partial charge in [-0.3, -0.25) is 4.79 Å². The van der Waals surface area contributed by atoms with Gasteiger partial charge in [-0.1, -0.05) is 23.2 Å². The second-order valence-electron chi connectivity index (χ2n) is 4.88. The van der Waals surface area contributed by atoms with E-state index in [0.29, 0.717) is 16.3 Å². The third-order valence-corrected chi connectivity index (χ3v) is 4.02. The Labute approximate surface area is 127 Å². The van der Waals surface area contributed by atoms with E-state index in [1.807, 2.05) is 6.92 Å². The second-order valence-corrected chi connectivity index (χ2v) is 5.67. The van der Waals surface area contributed by atoms with Gasteiger partial charge < -0.3 is 14.6 Å². The van der Waals surface area contributed by atoms with Crippen LogP contribution in [0.5, 0.6) is 5.75 Å². The molecule has 110 valence electrons. The topological polar surface area (TPSA) is 55.8 Å². The number of hydrogen-bond acceptors (Lipinski definition) is 4. The molecular formula is C14H16Cl2O4. The van der Waals surface area contributed by atoms with Crippen molar-refractivity contribution in [3.63, 3.8) is 0 Å². The Morgan fingerprint density at radius 1 is 1.55 bits per heavy atom. The summed E-state index contributed by atoms with van der Waals surface area (Å²) in [6.07, 6.45) is -0.167. The molecule has 1 heterocycles. The van der Waals surface area contributed by atoms with E-state index >= 15 is 0 Å². The summed E-state index contributed by atoms with van der Waals surface area (Å²) >= 11 is 12.2. The monoisotopic (exact) mass is 318 g/mol. The molecule has 0 spiro atoms. The zero-order valence-electron chi connectivity index (χ0n) is 11.3. The van der Waals surface area contributed by atoms with Crippen molar-refractivity contribution in [3.8, 4) is 5.75 Å². The summed E-state index contributed by atoms with van der Waals surface area (Å²) in [6, 6.07) is 3.25. The van der Waals surface area contributed by atoms with E-state index in [1.54, 1.807) is 19.1 Å². The molecule has 1 aliphatic rings. The fourth-order valence-corrected chi connectivity index (χ4v) is 3.00. The van der Waals surface area contributed by atoms with Crippen molar-refractivity contribution in [3.05, 3.63) is 27.7 Å². The van der Waals surface area contributed by atoms with Gasteiger partial charge in [-0.2, -0.15) is 0 Å². The van der Waals surface area contributed by atoms with Crippen LogP contribution in [-0.4, -0.2) is 23.8 Å². The lowest BCUT2D eigenvalue weighted by Gasteiger charge is -2.37. The van der Waals surface area contributed by atoms with E-state index in [-0.39, 0.29) is 30.6 Å². The predicted octanol–water partition coefficient (Wildman–Crippen LogP) is 3.31. The maximum absolute atomic E-state index is 11.7. The van der Waals surface area contributed by atoms with Crippen molar-refractivity contribution in [2.45, 2.75) is 38.4 Å². The van der Waals surface area contributed by atoms with Crippen LogP contribution in [0.25, 0.3) is 0 Å². The van der Waals surface area contributed by atoms with E-state index in [9.17, 15) is 9.90 Å². The van der Waals surface area contributed by atoms with Gasteiger partial charge in [0.1, 0.15) is 11.4 Å². The number of esters is 1. The number of halogens is 2. The number of aliphatic hydroxyl groups is 1. The van der Waals surface area contributed by atoms with Gasteiger partial charge >= 0.3 is 5.97 Å². The molecule has 2 atom stereocenters. The summed E-state index contributed by atoms with van der Waals surface area (Å²) in [7, 11) is 0. The normalized spacial score (nSPS) is 24.8. The van der Waals surface area contributed by atoms with Crippen molar-refractivity contribution in [1.29, 1.82) is 0 Å². The van der Waals surface area contributed by atoms with E-state index in [4.69, 9.17) is 32.7 Å². The molecule has 2 rings (SSSR count). The lowest BCUT2D eigenvalue weighted by molar-refractivity contribution is -0.151. The number of hydrogen-bond donors (Lipinski definition) is 1. The first kappa shape index (κ1) is 15.4. The van der Waals surface area contributed by atoms with E-state index in [1.165, 1.54) is 0 Å². The highest BCUT2D eigenvalue weighted by atomic mass is 35.5. The van der Waals surface area contributed by atoms with E-state index < -0.39 is 11.6 Å². The first-order chi connectivity index (χ1) is 9.37. The van der Waals surface area contributed by atoms with Crippen molar-refractivity contribution in [1.82, 2.24) is 0 Å². The fourth-order valence-electron chi connectivity index (χ4n) is 2.51. The molecule has 0 aliphatic carbocycles. The highest BCUT2D eigenvalue weighted by molar-refractivity contribution is 6.42. The Balaban J connectivity index is 2.45. The van der Waals surface area contributed by atoms with Gasteiger partial charge in [0, 0.05) is 12.0 Å². The lowest BCUT2D eigenvalue weighted by atomic mass is 9.83. The van der Waals surface area contributed by atoms with Crippen LogP contribution in [0.4, 0.5) is 0 Å². The van der Waals surface area contributed by atoms with Crippen LogP contribution in [0.2, 0.25) is 10.0 Å². The Morgan fingerprint density at radius 3 is 2.90 bits per heavy atom. The molecular weight excluding hydrogens is 303 g/mol. The molecule has 1 aromatic carbocycles. The smallest absolute Gasteiger partial charge is 0.309 e. The minimum absolute atomic E-state index is 0.179. The standard InChI is InChI=1S/C14H16Cl2O4/c1-3-19-11(17)7-14(18)6-8(2)20-10-5-4-9(15)13(16)12(10)14/h4-5,8,18H,3,6-7H2,1-2H3/t8-,14-/m1/s1. The minimum Gasteiger partial charge on any atom is -0.490 e. The van der Waals surface area contributed by atoms with Crippen LogP contribution in [-0.2, 0) is 15.1 Å². The van der Waals surface area contributed by atoms with Gasteiger partial charge in [-0.15, -0.1) is 0 Å². The van der Waals surface area contributed by atoms with Gasteiger partial charge in [0.15, 0.2) is 0 Å². The number of carbonyl (C=O) groups is 1. The van der Waals surface area contributed by atoms with Crippen LogP contribution < -0.4 is 4.74 Å². The summed E-state index contributed by atoms with van der Waals surface area (Å²) < 4.78 is 10.6.